The van der Waals surface area contributed by atoms with Crippen molar-refractivity contribution in [1.29, 1.82) is 0 Å². The van der Waals surface area contributed by atoms with Crippen molar-refractivity contribution in [2.75, 3.05) is 27.2 Å². The number of primary amides is 1. The van der Waals surface area contributed by atoms with E-state index < -0.39 is 18.1 Å². The van der Waals surface area contributed by atoms with Crippen molar-refractivity contribution in [1.82, 2.24) is 9.80 Å². The zero-order chi connectivity index (χ0) is 13.0. The normalized spacial score (nSPS) is 24.8. The molecule has 5 nitrogen and oxygen atoms in total. The molecule has 6 heteroatoms. The van der Waals surface area contributed by atoms with Gasteiger partial charge in [-0.15, -0.1) is 0 Å². The minimum absolute atomic E-state index is 0.00257. The Labute approximate surface area is 100 Å². The molecule has 1 rings (SSSR count). The van der Waals surface area contributed by atoms with Gasteiger partial charge in [0.2, 0.25) is 11.8 Å². The maximum Gasteiger partial charge on any atom is 0.247 e. The number of likely N-dealkylation sites (tertiary alicyclic amines) is 1. The predicted molar refractivity (Wildman–Crippen MR) is 61.9 cm³/mol. The van der Waals surface area contributed by atoms with Crippen LogP contribution in [-0.4, -0.2) is 61.0 Å². The largest absolute Gasteiger partial charge is 0.368 e. The summed E-state index contributed by atoms with van der Waals surface area (Å²) in [6.07, 6.45) is 1.86. The molecule has 0 radical (unpaired) electrons. The Kier molecular flexibility index (Phi) is 4.62. The SMILES string of the molecule is CN(C)C/C=C/C(=O)N1C[C@@H](F)CC1C(N)=O. The zero-order valence-electron chi connectivity index (χ0n) is 10.1. The number of nitrogens with two attached hydrogens (primary N) is 1. The van der Waals surface area contributed by atoms with Crippen molar-refractivity contribution >= 4 is 11.8 Å². The number of carbonyl (C=O) groups is 2. The molecule has 0 bridgehead atoms. The summed E-state index contributed by atoms with van der Waals surface area (Å²) >= 11 is 0. The molecule has 0 aromatic carbocycles. The summed E-state index contributed by atoms with van der Waals surface area (Å²) in [6.45, 7) is 0.554. The molecule has 1 aliphatic heterocycles. The Balaban J connectivity index is 2.61. The van der Waals surface area contributed by atoms with Gasteiger partial charge in [-0.05, 0) is 14.1 Å². The average molecular weight is 243 g/mol. The molecule has 1 fully saturated rings. The highest BCUT2D eigenvalue weighted by molar-refractivity contribution is 5.93. The second-order valence-corrected chi connectivity index (χ2v) is 4.41. The van der Waals surface area contributed by atoms with E-state index in [0.717, 1.165) is 0 Å². The number of hydrogen-bond donors (Lipinski definition) is 1. The lowest BCUT2D eigenvalue weighted by Gasteiger charge is -2.19. The van der Waals surface area contributed by atoms with Crippen LogP contribution in [0.4, 0.5) is 4.39 Å². The maximum atomic E-state index is 13.2. The molecule has 0 spiro atoms. The molecular weight excluding hydrogens is 225 g/mol. The van der Waals surface area contributed by atoms with E-state index in [9.17, 15) is 14.0 Å². The summed E-state index contributed by atoms with van der Waals surface area (Å²) < 4.78 is 13.2. The van der Waals surface area contributed by atoms with Crippen LogP contribution in [0.25, 0.3) is 0 Å². The standard InChI is InChI=1S/C11H18FN3O2/c1-14(2)5-3-4-10(16)15-7-8(12)6-9(15)11(13)17/h3-4,8-9H,5-7H2,1-2H3,(H2,13,17)/b4-3+/t8-,9?/m0/s1. The van der Waals surface area contributed by atoms with Crippen molar-refractivity contribution in [2.24, 2.45) is 5.73 Å². The van der Waals surface area contributed by atoms with Crippen LogP contribution >= 0.6 is 0 Å². The van der Waals surface area contributed by atoms with Crippen molar-refractivity contribution < 1.29 is 14.0 Å². The van der Waals surface area contributed by atoms with Crippen molar-refractivity contribution in [3.8, 4) is 0 Å². The van der Waals surface area contributed by atoms with Gasteiger partial charge < -0.3 is 15.5 Å². The molecule has 2 amide bonds. The number of carbonyl (C=O) groups excluding carboxylic acids is 2. The minimum atomic E-state index is -1.17. The average Bonchev–Trinajstić information content (AvgIpc) is 2.59. The first-order valence-electron chi connectivity index (χ1n) is 5.47. The lowest BCUT2D eigenvalue weighted by Crippen LogP contribution is -2.43. The van der Waals surface area contributed by atoms with Crippen LogP contribution in [0.15, 0.2) is 12.2 Å². The van der Waals surface area contributed by atoms with E-state index >= 15 is 0 Å². The number of likely N-dealkylation sites (N-methyl/N-ethyl adjacent to an activating group) is 1. The first-order chi connectivity index (χ1) is 7.91. The molecule has 1 unspecified atom stereocenters. The van der Waals surface area contributed by atoms with Crippen LogP contribution in [0.5, 0.6) is 0 Å². The smallest absolute Gasteiger partial charge is 0.247 e. The van der Waals surface area contributed by atoms with Gasteiger partial charge in [-0.2, -0.15) is 0 Å². The first kappa shape index (κ1) is 13.6. The van der Waals surface area contributed by atoms with E-state index in [1.165, 1.54) is 11.0 Å². The van der Waals surface area contributed by atoms with E-state index in [4.69, 9.17) is 5.73 Å². The molecule has 2 N–H and O–H groups in total. The number of rotatable bonds is 4. The Morgan fingerprint density at radius 2 is 2.18 bits per heavy atom. The van der Waals surface area contributed by atoms with Gasteiger partial charge >= 0.3 is 0 Å². The second-order valence-electron chi connectivity index (χ2n) is 4.41. The second kappa shape index (κ2) is 5.77. The van der Waals surface area contributed by atoms with Crippen molar-refractivity contribution in [3.63, 3.8) is 0 Å². The molecule has 0 aromatic rings. The van der Waals surface area contributed by atoms with Crippen LogP contribution < -0.4 is 5.73 Å². The third kappa shape index (κ3) is 3.81. The fraction of sp³-hybridized carbons (Fsp3) is 0.636. The molecule has 0 saturated carbocycles. The fourth-order valence-corrected chi connectivity index (χ4v) is 1.76. The van der Waals surface area contributed by atoms with Gasteiger partial charge in [0.05, 0.1) is 6.54 Å². The van der Waals surface area contributed by atoms with Crippen LogP contribution in [-0.2, 0) is 9.59 Å². The van der Waals surface area contributed by atoms with Gasteiger partial charge in [0.1, 0.15) is 12.2 Å². The van der Waals surface area contributed by atoms with Gasteiger partial charge in [-0.1, -0.05) is 6.08 Å². The number of alkyl halides is 1. The summed E-state index contributed by atoms with van der Waals surface area (Å²) in [5, 5.41) is 0. The Morgan fingerprint density at radius 1 is 1.53 bits per heavy atom. The topological polar surface area (TPSA) is 66.6 Å². The van der Waals surface area contributed by atoms with Gasteiger partial charge in [-0.25, -0.2) is 4.39 Å². The lowest BCUT2D eigenvalue weighted by molar-refractivity contribution is -0.133. The summed E-state index contributed by atoms with van der Waals surface area (Å²) in [4.78, 5) is 25.9. The van der Waals surface area contributed by atoms with Crippen LogP contribution in [0.1, 0.15) is 6.42 Å². The third-order valence-electron chi connectivity index (χ3n) is 2.59. The van der Waals surface area contributed by atoms with Crippen LogP contribution in [0, 0.1) is 0 Å². The predicted octanol–water partition coefficient (Wildman–Crippen LogP) is -0.471. The van der Waals surface area contributed by atoms with Crippen LogP contribution in [0.2, 0.25) is 0 Å². The monoisotopic (exact) mass is 243 g/mol. The number of hydrogen-bond acceptors (Lipinski definition) is 3. The highest BCUT2D eigenvalue weighted by atomic mass is 19.1. The van der Waals surface area contributed by atoms with Gasteiger partial charge in [-0.3, -0.25) is 9.59 Å². The van der Waals surface area contributed by atoms with E-state index in [-0.39, 0.29) is 18.9 Å². The number of nitrogens with zero attached hydrogens (tertiary/aromatic N) is 2. The fourth-order valence-electron chi connectivity index (χ4n) is 1.76. The van der Waals surface area contributed by atoms with E-state index in [1.54, 1.807) is 6.08 Å². The van der Waals surface area contributed by atoms with E-state index in [0.29, 0.717) is 6.54 Å². The van der Waals surface area contributed by atoms with Gasteiger partial charge in [0, 0.05) is 19.0 Å². The molecule has 1 aliphatic rings. The van der Waals surface area contributed by atoms with Crippen molar-refractivity contribution in [2.45, 2.75) is 18.6 Å². The van der Waals surface area contributed by atoms with Gasteiger partial charge in [0.15, 0.2) is 0 Å². The molecule has 17 heavy (non-hydrogen) atoms. The highest BCUT2D eigenvalue weighted by Gasteiger charge is 2.37. The summed E-state index contributed by atoms with van der Waals surface area (Å²) in [5.41, 5.74) is 5.13. The Bertz CT molecular complexity index is 331. The summed E-state index contributed by atoms with van der Waals surface area (Å²) in [7, 11) is 3.74. The lowest BCUT2D eigenvalue weighted by atomic mass is 10.2. The third-order valence-corrected chi connectivity index (χ3v) is 2.59. The van der Waals surface area contributed by atoms with E-state index in [1.807, 2.05) is 19.0 Å². The molecule has 0 aliphatic carbocycles. The Hall–Kier alpha value is -1.43. The highest BCUT2D eigenvalue weighted by Crippen LogP contribution is 2.20. The number of halogens is 1. The minimum Gasteiger partial charge on any atom is -0.368 e. The molecule has 0 aromatic heterocycles. The van der Waals surface area contributed by atoms with Gasteiger partial charge in [0.25, 0.3) is 0 Å². The molecule has 2 atom stereocenters. The zero-order valence-corrected chi connectivity index (χ0v) is 10.1. The molecule has 1 heterocycles. The first-order valence-corrected chi connectivity index (χ1v) is 5.47. The quantitative estimate of drug-likeness (QED) is 0.679. The summed E-state index contributed by atoms with van der Waals surface area (Å²) in [5.74, 6) is -1.02. The maximum absolute atomic E-state index is 13.2. The van der Waals surface area contributed by atoms with Crippen LogP contribution in [0.3, 0.4) is 0 Å². The Morgan fingerprint density at radius 3 is 2.71 bits per heavy atom. The summed E-state index contributed by atoms with van der Waals surface area (Å²) in [6, 6.07) is -0.818. The number of amides is 2. The molecular formula is C11H18FN3O2. The van der Waals surface area contributed by atoms with Crippen molar-refractivity contribution in [3.05, 3.63) is 12.2 Å². The molecule has 1 saturated heterocycles. The molecule has 96 valence electrons. The van der Waals surface area contributed by atoms with E-state index in [2.05, 4.69) is 0 Å².